The lowest BCUT2D eigenvalue weighted by atomic mass is 10.1. The van der Waals surface area contributed by atoms with Gasteiger partial charge in [0.2, 0.25) is 0 Å². The third-order valence-electron chi connectivity index (χ3n) is 1.82. The third-order valence-corrected chi connectivity index (χ3v) is 3.89. The molecule has 16 heavy (non-hydrogen) atoms. The van der Waals surface area contributed by atoms with E-state index in [1.54, 1.807) is 0 Å². The average molecular weight is 328 g/mol. The zero-order valence-electron chi connectivity index (χ0n) is 9.16. The molecule has 4 nitrogen and oxygen atoms in total. The van der Waals surface area contributed by atoms with Crippen molar-refractivity contribution in [3.05, 3.63) is 21.1 Å². The summed E-state index contributed by atoms with van der Waals surface area (Å²) in [5.74, 6) is 0.187. The first-order chi connectivity index (χ1) is 7.20. The highest BCUT2D eigenvalue weighted by molar-refractivity contribution is 9.10. The van der Waals surface area contributed by atoms with Crippen molar-refractivity contribution < 1.29 is 8.42 Å². The van der Waals surface area contributed by atoms with Gasteiger partial charge in [0.05, 0.1) is 10.2 Å². The molecule has 0 radical (unpaired) electrons. The van der Waals surface area contributed by atoms with Crippen molar-refractivity contribution in [3.63, 3.8) is 0 Å². The Morgan fingerprint density at radius 3 is 2.38 bits per heavy atom. The number of hydrogen-bond donors (Lipinski definition) is 0. The second-order valence-electron chi connectivity index (χ2n) is 3.85. The van der Waals surface area contributed by atoms with Gasteiger partial charge in [-0.3, -0.25) is 0 Å². The lowest BCUT2D eigenvalue weighted by molar-refractivity contribution is 0.599. The van der Waals surface area contributed by atoms with Crippen molar-refractivity contribution in [3.8, 4) is 0 Å². The molecule has 90 valence electrons. The van der Waals surface area contributed by atoms with E-state index in [1.807, 2.05) is 13.8 Å². The summed E-state index contributed by atoms with van der Waals surface area (Å²) in [7, 11) is -3.15. The number of hydrogen-bond acceptors (Lipinski definition) is 4. The fourth-order valence-corrected chi connectivity index (χ4v) is 2.59. The van der Waals surface area contributed by atoms with E-state index < -0.39 is 9.84 Å². The number of rotatable bonds is 3. The van der Waals surface area contributed by atoms with Gasteiger partial charge in [0, 0.05) is 6.26 Å². The van der Waals surface area contributed by atoms with Crippen molar-refractivity contribution in [2.75, 3.05) is 6.26 Å². The summed E-state index contributed by atoms with van der Waals surface area (Å²) in [5.41, 5.74) is 0.721. The van der Waals surface area contributed by atoms with Crippen LogP contribution >= 0.6 is 27.5 Å². The van der Waals surface area contributed by atoms with Crippen molar-refractivity contribution in [2.45, 2.75) is 25.5 Å². The van der Waals surface area contributed by atoms with E-state index in [1.165, 1.54) is 0 Å². The summed E-state index contributed by atoms with van der Waals surface area (Å²) in [6.45, 7) is 3.90. The SMILES string of the molecule is CC(C)c1nc(CS(C)(=O)=O)nc(Cl)c1Br. The van der Waals surface area contributed by atoms with Crippen molar-refractivity contribution in [1.82, 2.24) is 9.97 Å². The van der Waals surface area contributed by atoms with Crippen LogP contribution < -0.4 is 0 Å². The topological polar surface area (TPSA) is 59.9 Å². The monoisotopic (exact) mass is 326 g/mol. The highest BCUT2D eigenvalue weighted by atomic mass is 79.9. The van der Waals surface area contributed by atoms with E-state index in [-0.39, 0.29) is 22.6 Å². The molecule has 1 rings (SSSR count). The molecule has 7 heteroatoms. The van der Waals surface area contributed by atoms with Gasteiger partial charge >= 0.3 is 0 Å². The zero-order chi connectivity index (χ0) is 12.5. The molecule has 0 amide bonds. The first kappa shape index (κ1) is 13.9. The molecule has 0 aliphatic carbocycles. The van der Waals surface area contributed by atoms with Gasteiger partial charge < -0.3 is 0 Å². The molecule has 0 aromatic carbocycles. The van der Waals surface area contributed by atoms with Crippen molar-refractivity contribution in [2.24, 2.45) is 0 Å². The Kier molecular flexibility index (Phi) is 4.31. The number of halogens is 2. The van der Waals surface area contributed by atoms with Crippen LogP contribution in [0.3, 0.4) is 0 Å². The van der Waals surface area contributed by atoms with Gasteiger partial charge in [-0.25, -0.2) is 18.4 Å². The summed E-state index contributed by atoms with van der Waals surface area (Å²) in [6.07, 6.45) is 1.14. The number of nitrogens with zero attached hydrogens (tertiary/aromatic N) is 2. The van der Waals surface area contributed by atoms with Gasteiger partial charge in [0.25, 0.3) is 0 Å². The Morgan fingerprint density at radius 2 is 1.94 bits per heavy atom. The molecule has 0 atom stereocenters. The van der Waals surface area contributed by atoms with Gasteiger partial charge in [-0.1, -0.05) is 25.4 Å². The van der Waals surface area contributed by atoms with Gasteiger partial charge in [0.1, 0.15) is 16.7 Å². The molecule has 0 unspecified atom stereocenters. The fourth-order valence-electron chi connectivity index (χ4n) is 1.16. The predicted octanol–water partition coefficient (Wildman–Crippen LogP) is 2.56. The van der Waals surface area contributed by atoms with Crippen molar-refractivity contribution >= 4 is 37.4 Å². The molecular formula is C9H12BrClN2O2S. The Bertz CT molecular complexity index is 502. The maximum Gasteiger partial charge on any atom is 0.154 e. The van der Waals surface area contributed by atoms with Crippen LogP contribution in [0, 0.1) is 0 Å². The zero-order valence-corrected chi connectivity index (χ0v) is 12.3. The molecule has 0 aliphatic heterocycles. The highest BCUT2D eigenvalue weighted by Crippen LogP contribution is 2.28. The van der Waals surface area contributed by atoms with E-state index in [2.05, 4.69) is 25.9 Å². The normalized spacial score (nSPS) is 12.1. The van der Waals surface area contributed by atoms with Crippen LogP contribution in [0.5, 0.6) is 0 Å². The standard InChI is InChI=1S/C9H12BrClN2O2S/c1-5(2)8-7(10)9(11)13-6(12-8)4-16(3,14)15/h5H,4H2,1-3H3. The highest BCUT2D eigenvalue weighted by Gasteiger charge is 2.16. The quantitative estimate of drug-likeness (QED) is 0.801. The van der Waals surface area contributed by atoms with Gasteiger partial charge in [0.15, 0.2) is 9.84 Å². The van der Waals surface area contributed by atoms with E-state index in [0.29, 0.717) is 4.47 Å². The lowest BCUT2D eigenvalue weighted by Gasteiger charge is -2.10. The summed E-state index contributed by atoms with van der Waals surface area (Å²) in [6, 6.07) is 0. The Morgan fingerprint density at radius 1 is 1.38 bits per heavy atom. The maximum atomic E-state index is 11.1. The van der Waals surface area contributed by atoms with E-state index in [0.717, 1.165) is 11.9 Å². The summed E-state index contributed by atoms with van der Waals surface area (Å²) < 4.78 is 22.9. The summed E-state index contributed by atoms with van der Waals surface area (Å²) >= 11 is 9.19. The van der Waals surface area contributed by atoms with Crippen LogP contribution in [0.1, 0.15) is 31.3 Å². The molecule has 0 aliphatic rings. The molecule has 1 aromatic rings. The first-order valence-corrected chi connectivity index (χ1v) is 7.83. The molecule has 0 fully saturated rings. The smallest absolute Gasteiger partial charge is 0.154 e. The van der Waals surface area contributed by atoms with Crippen LogP contribution in [0.2, 0.25) is 5.15 Å². The van der Waals surface area contributed by atoms with E-state index >= 15 is 0 Å². The second kappa shape index (κ2) is 4.98. The minimum atomic E-state index is -3.15. The van der Waals surface area contributed by atoms with Crippen LogP contribution in [-0.2, 0) is 15.6 Å². The molecular weight excluding hydrogens is 316 g/mol. The third kappa shape index (κ3) is 3.68. The van der Waals surface area contributed by atoms with Crippen LogP contribution in [0.25, 0.3) is 0 Å². The largest absolute Gasteiger partial charge is 0.235 e. The molecule has 0 saturated carbocycles. The van der Waals surface area contributed by atoms with Crippen molar-refractivity contribution in [1.29, 1.82) is 0 Å². The molecule has 0 saturated heterocycles. The second-order valence-corrected chi connectivity index (χ2v) is 7.15. The summed E-state index contributed by atoms with van der Waals surface area (Å²) in [5, 5.41) is 0.248. The maximum absolute atomic E-state index is 11.1. The summed E-state index contributed by atoms with van der Waals surface area (Å²) in [4.78, 5) is 8.13. The lowest BCUT2D eigenvalue weighted by Crippen LogP contribution is -2.08. The van der Waals surface area contributed by atoms with Gasteiger partial charge in [-0.15, -0.1) is 0 Å². The fraction of sp³-hybridized carbons (Fsp3) is 0.556. The Balaban J connectivity index is 3.24. The van der Waals surface area contributed by atoms with Crippen LogP contribution in [0.4, 0.5) is 0 Å². The predicted molar refractivity (Wildman–Crippen MR) is 67.4 cm³/mol. The van der Waals surface area contributed by atoms with Crippen LogP contribution in [0.15, 0.2) is 4.47 Å². The molecule has 1 aromatic heterocycles. The molecule has 0 spiro atoms. The van der Waals surface area contributed by atoms with Gasteiger partial charge in [-0.2, -0.15) is 0 Å². The average Bonchev–Trinajstić information content (AvgIpc) is 2.07. The molecule has 0 bridgehead atoms. The minimum Gasteiger partial charge on any atom is -0.235 e. The first-order valence-electron chi connectivity index (χ1n) is 4.60. The van der Waals surface area contributed by atoms with Gasteiger partial charge in [-0.05, 0) is 21.8 Å². The van der Waals surface area contributed by atoms with E-state index in [4.69, 9.17) is 11.6 Å². The number of aromatic nitrogens is 2. The van der Waals surface area contributed by atoms with Crippen LogP contribution in [-0.4, -0.2) is 24.6 Å². The molecule has 0 N–H and O–H groups in total. The Hall–Kier alpha value is -0.200. The van der Waals surface area contributed by atoms with E-state index in [9.17, 15) is 8.42 Å². The molecule has 1 heterocycles. The number of sulfone groups is 1. The Labute approximate surface area is 108 Å². The minimum absolute atomic E-state index is 0.146.